The number of H-pyrrole nitrogens is 1. The van der Waals surface area contributed by atoms with Crippen molar-refractivity contribution in [2.45, 2.75) is 43.0 Å². The largest absolute Gasteiger partial charge is 0.325 e. The number of carbonyl (C=O) groups excluding carboxylic acids is 1. The van der Waals surface area contributed by atoms with E-state index >= 15 is 0 Å². The highest BCUT2D eigenvalue weighted by Crippen LogP contribution is 2.23. The second kappa shape index (κ2) is 7.17. The van der Waals surface area contributed by atoms with Gasteiger partial charge >= 0.3 is 0 Å². The van der Waals surface area contributed by atoms with Crippen molar-refractivity contribution in [2.75, 3.05) is 5.32 Å². The first-order valence-corrected chi connectivity index (χ1v) is 8.76. The third-order valence-corrected chi connectivity index (χ3v) is 4.92. The zero-order valence-corrected chi connectivity index (χ0v) is 14.1. The molecular formula is C17H18FN3O2S. The SMILES string of the molecule is C[C@@H](Sc1nc2c(c(=O)[nH]1)CCCC2)C(=O)Nc1ccc(F)cc1. The molecule has 1 aliphatic carbocycles. The second-order valence-corrected chi connectivity index (χ2v) is 7.09. The van der Waals surface area contributed by atoms with E-state index in [1.807, 2.05) is 0 Å². The number of nitrogens with zero attached hydrogens (tertiary/aromatic N) is 1. The summed E-state index contributed by atoms with van der Waals surface area (Å²) in [6, 6.07) is 5.58. The summed E-state index contributed by atoms with van der Waals surface area (Å²) >= 11 is 1.21. The Morgan fingerprint density at radius 2 is 2.00 bits per heavy atom. The standard InChI is InChI=1S/C17H18FN3O2S/c1-10(15(22)19-12-8-6-11(18)7-9-12)24-17-20-14-5-3-2-4-13(14)16(23)21-17/h6-10H,2-5H2,1H3,(H,19,22)(H,20,21,23)/t10-/m1/s1. The molecule has 2 aromatic rings. The lowest BCUT2D eigenvalue weighted by molar-refractivity contribution is -0.115. The highest BCUT2D eigenvalue weighted by molar-refractivity contribution is 8.00. The number of fused-ring (bicyclic) bond motifs is 1. The van der Waals surface area contributed by atoms with Crippen LogP contribution >= 0.6 is 11.8 Å². The molecule has 1 aliphatic rings. The third-order valence-electron chi connectivity index (χ3n) is 3.94. The van der Waals surface area contributed by atoms with Crippen LogP contribution in [0.2, 0.25) is 0 Å². The number of anilines is 1. The summed E-state index contributed by atoms with van der Waals surface area (Å²) in [5, 5.41) is 2.74. The van der Waals surface area contributed by atoms with Gasteiger partial charge in [0.1, 0.15) is 5.82 Å². The summed E-state index contributed by atoms with van der Waals surface area (Å²) in [5.41, 5.74) is 2.04. The molecule has 1 heterocycles. The monoisotopic (exact) mass is 347 g/mol. The molecule has 7 heteroatoms. The summed E-state index contributed by atoms with van der Waals surface area (Å²) in [6.07, 6.45) is 3.63. The third kappa shape index (κ3) is 3.84. The van der Waals surface area contributed by atoms with E-state index in [0.717, 1.165) is 36.9 Å². The van der Waals surface area contributed by atoms with E-state index in [2.05, 4.69) is 15.3 Å². The Morgan fingerprint density at radius 3 is 2.75 bits per heavy atom. The number of rotatable bonds is 4. The fraction of sp³-hybridized carbons (Fsp3) is 0.353. The van der Waals surface area contributed by atoms with E-state index in [-0.39, 0.29) is 17.3 Å². The Bertz CT molecular complexity index is 804. The first-order chi connectivity index (χ1) is 11.5. The number of aromatic amines is 1. The van der Waals surface area contributed by atoms with Crippen molar-refractivity contribution in [2.24, 2.45) is 0 Å². The van der Waals surface area contributed by atoms with Crippen molar-refractivity contribution < 1.29 is 9.18 Å². The van der Waals surface area contributed by atoms with E-state index in [1.54, 1.807) is 6.92 Å². The molecule has 0 fully saturated rings. The van der Waals surface area contributed by atoms with Crippen molar-refractivity contribution in [3.63, 3.8) is 0 Å². The minimum Gasteiger partial charge on any atom is -0.325 e. The molecular weight excluding hydrogens is 329 g/mol. The lowest BCUT2D eigenvalue weighted by Crippen LogP contribution is -2.25. The van der Waals surface area contributed by atoms with Gasteiger partial charge in [0.15, 0.2) is 5.16 Å². The van der Waals surface area contributed by atoms with Crippen LogP contribution in [0, 0.1) is 5.82 Å². The van der Waals surface area contributed by atoms with Crippen LogP contribution in [0.15, 0.2) is 34.2 Å². The van der Waals surface area contributed by atoms with Crippen LogP contribution in [0.3, 0.4) is 0 Å². The van der Waals surface area contributed by atoms with Crippen LogP contribution in [0.25, 0.3) is 0 Å². The minimum absolute atomic E-state index is 0.103. The number of halogens is 1. The van der Waals surface area contributed by atoms with Crippen molar-refractivity contribution >= 4 is 23.4 Å². The molecule has 0 saturated heterocycles. The topological polar surface area (TPSA) is 74.8 Å². The predicted octanol–water partition coefficient (Wildman–Crippen LogP) is 2.91. The number of aromatic nitrogens is 2. The first kappa shape index (κ1) is 16.7. The average molecular weight is 347 g/mol. The lowest BCUT2D eigenvalue weighted by Gasteiger charge is -2.16. The summed E-state index contributed by atoms with van der Waals surface area (Å²) in [5.74, 6) is -0.585. The van der Waals surface area contributed by atoms with Gasteiger partial charge in [0, 0.05) is 11.3 Å². The highest BCUT2D eigenvalue weighted by atomic mass is 32.2. The molecule has 126 valence electrons. The highest BCUT2D eigenvalue weighted by Gasteiger charge is 2.19. The van der Waals surface area contributed by atoms with Gasteiger partial charge in [-0.05, 0) is 56.9 Å². The molecule has 1 aromatic carbocycles. The molecule has 5 nitrogen and oxygen atoms in total. The predicted molar refractivity (Wildman–Crippen MR) is 91.8 cm³/mol. The maximum Gasteiger partial charge on any atom is 0.254 e. The number of thioether (sulfide) groups is 1. The Hall–Kier alpha value is -2.15. The van der Waals surface area contributed by atoms with Crippen LogP contribution in [-0.4, -0.2) is 21.1 Å². The lowest BCUT2D eigenvalue weighted by atomic mass is 9.97. The fourth-order valence-corrected chi connectivity index (χ4v) is 3.45. The number of hydrogen-bond acceptors (Lipinski definition) is 4. The summed E-state index contributed by atoms with van der Waals surface area (Å²) < 4.78 is 12.9. The van der Waals surface area contributed by atoms with Crippen LogP contribution in [0.4, 0.5) is 10.1 Å². The summed E-state index contributed by atoms with van der Waals surface area (Å²) in [6.45, 7) is 1.74. The van der Waals surface area contributed by atoms with Gasteiger partial charge < -0.3 is 10.3 Å². The van der Waals surface area contributed by atoms with Gasteiger partial charge in [-0.25, -0.2) is 9.37 Å². The Balaban J connectivity index is 1.69. The smallest absolute Gasteiger partial charge is 0.254 e. The Labute approximate surface area is 143 Å². The van der Waals surface area contributed by atoms with Crippen molar-refractivity contribution in [3.8, 4) is 0 Å². The van der Waals surface area contributed by atoms with Gasteiger partial charge in [-0.2, -0.15) is 0 Å². The maximum atomic E-state index is 12.9. The molecule has 0 saturated carbocycles. The molecule has 0 spiro atoms. The fourth-order valence-electron chi connectivity index (χ4n) is 2.63. The van der Waals surface area contributed by atoms with Gasteiger partial charge in [-0.1, -0.05) is 11.8 Å². The van der Waals surface area contributed by atoms with E-state index in [1.165, 1.54) is 36.0 Å². The van der Waals surface area contributed by atoms with Crippen LogP contribution in [0.1, 0.15) is 31.0 Å². The summed E-state index contributed by atoms with van der Waals surface area (Å²) in [4.78, 5) is 31.6. The van der Waals surface area contributed by atoms with Gasteiger partial charge in [0.2, 0.25) is 5.91 Å². The van der Waals surface area contributed by atoms with Gasteiger partial charge in [0.25, 0.3) is 5.56 Å². The minimum atomic E-state index is -0.445. The molecule has 2 N–H and O–H groups in total. The van der Waals surface area contributed by atoms with Crippen LogP contribution in [-0.2, 0) is 17.6 Å². The van der Waals surface area contributed by atoms with E-state index in [4.69, 9.17) is 0 Å². The molecule has 1 atom stereocenters. The van der Waals surface area contributed by atoms with Gasteiger partial charge in [-0.3, -0.25) is 9.59 Å². The number of hydrogen-bond donors (Lipinski definition) is 2. The van der Waals surface area contributed by atoms with Crippen molar-refractivity contribution in [1.29, 1.82) is 0 Å². The summed E-state index contributed by atoms with van der Waals surface area (Å²) in [7, 11) is 0. The van der Waals surface area contributed by atoms with E-state index in [0.29, 0.717) is 10.8 Å². The molecule has 0 unspecified atom stereocenters. The zero-order valence-electron chi connectivity index (χ0n) is 13.3. The number of benzene rings is 1. The maximum absolute atomic E-state index is 12.9. The number of nitrogens with one attached hydrogen (secondary N) is 2. The molecule has 1 amide bonds. The molecule has 0 aliphatic heterocycles. The molecule has 24 heavy (non-hydrogen) atoms. The molecule has 0 bridgehead atoms. The van der Waals surface area contributed by atoms with Crippen LogP contribution in [0.5, 0.6) is 0 Å². The first-order valence-electron chi connectivity index (χ1n) is 7.88. The van der Waals surface area contributed by atoms with Gasteiger partial charge in [-0.15, -0.1) is 0 Å². The average Bonchev–Trinajstić information content (AvgIpc) is 2.57. The van der Waals surface area contributed by atoms with Crippen LogP contribution < -0.4 is 10.9 Å². The zero-order chi connectivity index (χ0) is 17.1. The molecule has 3 rings (SSSR count). The quantitative estimate of drug-likeness (QED) is 0.659. The van der Waals surface area contributed by atoms with Crippen molar-refractivity contribution in [1.82, 2.24) is 9.97 Å². The van der Waals surface area contributed by atoms with E-state index in [9.17, 15) is 14.0 Å². The van der Waals surface area contributed by atoms with Gasteiger partial charge in [0.05, 0.1) is 10.9 Å². The number of aryl methyl sites for hydroxylation is 1. The molecule has 0 radical (unpaired) electrons. The number of carbonyl (C=O) groups is 1. The Morgan fingerprint density at radius 1 is 1.29 bits per heavy atom. The Kier molecular flexibility index (Phi) is 4.99. The van der Waals surface area contributed by atoms with Crippen molar-refractivity contribution in [3.05, 3.63) is 51.7 Å². The molecule has 1 aromatic heterocycles. The van der Waals surface area contributed by atoms with E-state index < -0.39 is 5.25 Å². The normalized spacial score (nSPS) is 14.8. The second-order valence-electron chi connectivity index (χ2n) is 5.76. The number of amides is 1.